The van der Waals surface area contributed by atoms with E-state index in [-0.39, 0.29) is 17.5 Å². The zero-order chi connectivity index (χ0) is 14.5. The van der Waals surface area contributed by atoms with Crippen molar-refractivity contribution in [3.05, 3.63) is 69.8 Å². The highest BCUT2D eigenvalue weighted by atomic mass is 19.1. The highest BCUT2D eigenvalue weighted by Crippen LogP contribution is 2.16. The molecule has 1 atom stereocenters. The van der Waals surface area contributed by atoms with E-state index in [9.17, 15) is 14.5 Å². The summed E-state index contributed by atoms with van der Waals surface area (Å²) in [4.78, 5) is 14.1. The summed E-state index contributed by atoms with van der Waals surface area (Å²) in [7, 11) is 0. The van der Waals surface area contributed by atoms with Gasteiger partial charge in [-0.1, -0.05) is 12.1 Å². The first kappa shape index (κ1) is 14.1. The summed E-state index contributed by atoms with van der Waals surface area (Å²) in [5.41, 5.74) is 1.59. The van der Waals surface area contributed by atoms with Crippen LogP contribution in [0.5, 0.6) is 0 Å². The molecule has 0 aliphatic heterocycles. The number of nitrogens with one attached hydrogen (secondary N) is 1. The molecule has 5 nitrogen and oxygen atoms in total. The van der Waals surface area contributed by atoms with Crippen molar-refractivity contribution >= 4 is 5.69 Å². The SMILES string of the molecule is CC(NCc1cccc([N+](=O)[O-])c1)c1cncc(F)c1. The molecule has 0 spiro atoms. The Morgan fingerprint density at radius 3 is 2.90 bits per heavy atom. The smallest absolute Gasteiger partial charge is 0.269 e. The van der Waals surface area contributed by atoms with Crippen molar-refractivity contribution in [1.29, 1.82) is 0 Å². The summed E-state index contributed by atoms with van der Waals surface area (Å²) in [6.07, 6.45) is 2.74. The van der Waals surface area contributed by atoms with Gasteiger partial charge in [0, 0.05) is 30.9 Å². The normalized spacial score (nSPS) is 12.1. The van der Waals surface area contributed by atoms with Crippen molar-refractivity contribution < 1.29 is 9.31 Å². The lowest BCUT2D eigenvalue weighted by Gasteiger charge is -2.13. The molecule has 1 heterocycles. The quantitative estimate of drug-likeness (QED) is 0.672. The Bertz CT molecular complexity index is 619. The third-order valence-electron chi connectivity index (χ3n) is 2.96. The fourth-order valence-corrected chi connectivity index (χ4v) is 1.83. The Hall–Kier alpha value is -2.34. The van der Waals surface area contributed by atoms with E-state index in [4.69, 9.17) is 0 Å². The van der Waals surface area contributed by atoms with Gasteiger partial charge in [-0.15, -0.1) is 0 Å². The monoisotopic (exact) mass is 275 g/mol. The summed E-state index contributed by atoms with van der Waals surface area (Å²) in [5, 5.41) is 13.9. The molecule has 0 aliphatic rings. The van der Waals surface area contributed by atoms with Gasteiger partial charge in [-0.2, -0.15) is 0 Å². The van der Waals surface area contributed by atoms with Gasteiger partial charge in [0.05, 0.1) is 11.1 Å². The molecule has 2 aromatic rings. The largest absolute Gasteiger partial charge is 0.306 e. The highest BCUT2D eigenvalue weighted by Gasteiger charge is 2.09. The predicted molar refractivity (Wildman–Crippen MR) is 72.5 cm³/mol. The van der Waals surface area contributed by atoms with Gasteiger partial charge in [0.2, 0.25) is 0 Å². The van der Waals surface area contributed by atoms with Crippen molar-refractivity contribution in [3.63, 3.8) is 0 Å². The van der Waals surface area contributed by atoms with Crippen molar-refractivity contribution in [3.8, 4) is 0 Å². The minimum Gasteiger partial charge on any atom is -0.306 e. The first-order chi connectivity index (χ1) is 9.56. The Labute approximate surface area is 115 Å². The maximum absolute atomic E-state index is 13.1. The zero-order valence-electron chi connectivity index (χ0n) is 10.9. The Morgan fingerprint density at radius 1 is 1.40 bits per heavy atom. The lowest BCUT2D eigenvalue weighted by atomic mass is 10.1. The summed E-state index contributed by atoms with van der Waals surface area (Å²) in [5.74, 6) is -0.383. The number of aromatic nitrogens is 1. The van der Waals surface area contributed by atoms with E-state index < -0.39 is 4.92 Å². The number of hydrogen-bond donors (Lipinski definition) is 1. The van der Waals surface area contributed by atoms with Crippen LogP contribution >= 0.6 is 0 Å². The van der Waals surface area contributed by atoms with Crippen LogP contribution in [0.3, 0.4) is 0 Å². The number of rotatable bonds is 5. The molecule has 0 bridgehead atoms. The van der Waals surface area contributed by atoms with Crippen LogP contribution in [0.15, 0.2) is 42.7 Å². The maximum Gasteiger partial charge on any atom is 0.269 e. The second-order valence-corrected chi connectivity index (χ2v) is 4.47. The zero-order valence-corrected chi connectivity index (χ0v) is 10.9. The van der Waals surface area contributed by atoms with E-state index in [1.54, 1.807) is 18.3 Å². The number of non-ortho nitro benzene ring substituents is 1. The van der Waals surface area contributed by atoms with Crippen LogP contribution in [0.25, 0.3) is 0 Å². The van der Waals surface area contributed by atoms with E-state index in [2.05, 4.69) is 10.3 Å². The third-order valence-corrected chi connectivity index (χ3v) is 2.96. The number of nitro groups is 1. The molecule has 0 aliphatic carbocycles. The molecular formula is C14H14FN3O2. The lowest BCUT2D eigenvalue weighted by Crippen LogP contribution is -2.18. The number of hydrogen-bond acceptors (Lipinski definition) is 4. The minimum atomic E-state index is -0.427. The summed E-state index contributed by atoms with van der Waals surface area (Å²) in [6.45, 7) is 2.34. The van der Waals surface area contributed by atoms with E-state index in [0.29, 0.717) is 6.54 Å². The van der Waals surface area contributed by atoms with Gasteiger partial charge in [-0.05, 0) is 24.1 Å². The number of nitro benzene ring substituents is 1. The molecule has 1 aromatic carbocycles. The molecule has 6 heteroatoms. The third kappa shape index (κ3) is 3.58. The van der Waals surface area contributed by atoms with E-state index in [1.807, 2.05) is 6.92 Å². The number of pyridine rings is 1. The minimum absolute atomic E-state index is 0.0596. The Morgan fingerprint density at radius 2 is 2.20 bits per heavy atom. The Kier molecular flexibility index (Phi) is 4.37. The summed E-state index contributed by atoms with van der Waals surface area (Å²) >= 11 is 0. The second kappa shape index (κ2) is 6.21. The first-order valence-corrected chi connectivity index (χ1v) is 6.13. The topological polar surface area (TPSA) is 68.1 Å². The van der Waals surface area contributed by atoms with Crippen LogP contribution in [-0.4, -0.2) is 9.91 Å². The van der Waals surface area contributed by atoms with Gasteiger partial charge in [-0.25, -0.2) is 4.39 Å². The van der Waals surface area contributed by atoms with Gasteiger partial charge < -0.3 is 5.32 Å². The molecule has 1 aromatic heterocycles. The number of nitrogens with zero attached hydrogens (tertiary/aromatic N) is 2. The van der Waals surface area contributed by atoms with Crippen LogP contribution in [0.4, 0.5) is 10.1 Å². The van der Waals surface area contributed by atoms with Gasteiger partial charge in [-0.3, -0.25) is 15.1 Å². The van der Waals surface area contributed by atoms with E-state index in [1.165, 1.54) is 18.2 Å². The van der Waals surface area contributed by atoms with Gasteiger partial charge >= 0.3 is 0 Å². The van der Waals surface area contributed by atoms with Crippen molar-refractivity contribution in [1.82, 2.24) is 10.3 Å². The lowest BCUT2D eigenvalue weighted by molar-refractivity contribution is -0.384. The highest BCUT2D eigenvalue weighted by molar-refractivity contribution is 5.34. The number of benzene rings is 1. The number of halogens is 1. The average Bonchev–Trinajstić information content (AvgIpc) is 2.45. The predicted octanol–water partition coefficient (Wildman–Crippen LogP) is 2.98. The molecule has 0 radical (unpaired) electrons. The fraction of sp³-hybridized carbons (Fsp3) is 0.214. The molecule has 0 saturated carbocycles. The van der Waals surface area contributed by atoms with Gasteiger partial charge in [0.15, 0.2) is 0 Å². The molecule has 0 amide bonds. The second-order valence-electron chi connectivity index (χ2n) is 4.47. The van der Waals surface area contributed by atoms with Crippen LogP contribution < -0.4 is 5.32 Å². The van der Waals surface area contributed by atoms with E-state index in [0.717, 1.165) is 17.3 Å². The van der Waals surface area contributed by atoms with Crippen LogP contribution in [0.2, 0.25) is 0 Å². The van der Waals surface area contributed by atoms with E-state index >= 15 is 0 Å². The summed E-state index contributed by atoms with van der Waals surface area (Å²) < 4.78 is 13.1. The standard InChI is InChI=1S/C14H14FN3O2/c1-10(12-6-13(15)9-16-8-12)17-7-11-3-2-4-14(5-11)18(19)20/h2-6,8-10,17H,7H2,1H3. The molecule has 20 heavy (non-hydrogen) atoms. The van der Waals surface area contributed by atoms with Crippen molar-refractivity contribution in [2.75, 3.05) is 0 Å². The molecule has 2 rings (SSSR count). The van der Waals surface area contributed by atoms with Gasteiger partial charge in [0.25, 0.3) is 5.69 Å². The van der Waals surface area contributed by atoms with Crippen LogP contribution in [0, 0.1) is 15.9 Å². The first-order valence-electron chi connectivity index (χ1n) is 6.13. The molecule has 0 fully saturated rings. The fourth-order valence-electron chi connectivity index (χ4n) is 1.83. The van der Waals surface area contributed by atoms with Crippen molar-refractivity contribution in [2.24, 2.45) is 0 Å². The summed E-state index contributed by atoms with van der Waals surface area (Å²) in [6, 6.07) is 7.73. The maximum atomic E-state index is 13.1. The van der Waals surface area contributed by atoms with Crippen molar-refractivity contribution in [2.45, 2.75) is 19.5 Å². The van der Waals surface area contributed by atoms with Gasteiger partial charge in [0.1, 0.15) is 5.82 Å². The van der Waals surface area contributed by atoms with Crippen LogP contribution in [-0.2, 0) is 6.54 Å². The van der Waals surface area contributed by atoms with Crippen LogP contribution in [0.1, 0.15) is 24.1 Å². The molecule has 1 N–H and O–H groups in total. The molecular weight excluding hydrogens is 261 g/mol. The molecule has 1 unspecified atom stereocenters. The Balaban J connectivity index is 2.01. The average molecular weight is 275 g/mol. The molecule has 0 saturated heterocycles. The molecule has 104 valence electrons.